The maximum atomic E-state index is 12.8. The predicted octanol–water partition coefficient (Wildman–Crippen LogP) is 2.89. The van der Waals surface area contributed by atoms with E-state index in [4.69, 9.17) is 0 Å². The van der Waals surface area contributed by atoms with Gasteiger partial charge in [0.2, 0.25) is 6.43 Å². The van der Waals surface area contributed by atoms with E-state index >= 15 is 0 Å². The molecule has 0 aromatic heterocycles. The molecule has 2 nitrogen and oxygen atoms in total. The molecule has 0 bridgehead atoms. The lowest BCUT2D eigenvalue weighted by Crippen LogP contribution is -2.45. The zero-order valence-electron chi connectivity index (χ0n) is 10.1. The van der Waals surface area contributed by atoms with Gasteiger partial charge in [-0.3, -0.25) is 4.90 Å². The Balaban J connectivity index is 2.15. The number of halogens is 3. The molecule has 1 aromatic rings. The molecule has 0 aliphatic carbocycles. The summed E-state index contributed by atoms with van der Waals surface area (Å²) in [6.45, 7) is 3.43. The second-order valence-corrected chi connectivity index (χ2v) is 5.73. The molecule has 100 valence electrons. The van der Waals surface area contributed by atoms with Crippen molar-refractivity contribution in [3.63, 3.8) is 0 Å². The van der Waals surface area contributed by atoms with Crippen molar-refractivity contribution >= 4 is 22.6 Å². The summed E-state index contributed by atoms with van der Waals surface area (Å²) in [6.07, 6.45) is -2.34. The zero-order chi connectivity index (χ0) is 13.0. The summed E-state index contributed by atoms with van der Waals surface area (Å²) < 4.78 is 26.7. The quantitative estimate of drug-likeness (QED) is 0.825. The Bertz CT molecular complexity index is 364. The molecule has 0 saturated carbocycles. The smallest absolute Gasteiger partial charge is 0.240 e. The fraction of sp³-hybridized carbons (Fsp3) is 0.538. The molecule has 1 heterocycles. The lowest BCUT2D eigenvalue weighted by atomic mass is 10.0. The van der Waals surface area contributed by atoms with E-state index in [9.17, 15) is 8.78 Å². The average molecular weight is 366 g/mol. The molecule has 5 heteroatoms. The first-order chi connectivity index (χ1) is 8.66. The van der Waals surface area contributed by atoms with Crippen molar-refractivity contribution in [1.82, 2.24) is 10.2 Å². The van der Waals surface area contributed by atoms with E-state index in [0.717, 1.165) is 35.3 Å². The van der Waals surface area contributed by atoms with Crippen LogP contribution in [-0.2, 0) is 0 Å². The van der Waals surface area contributed by atoms with Gasteiger partial charge in [-0.25, -0.2) is 8.78 Å². The second-order valence-electron chi connectivity index (χ2n) is 4.48. The highest BCUT2D eigenvalue weighted by Crippen LogP contribution is 2.28. The van der Waals surface area contributed by atoms with Gasteiger partial charge in [0.25, 0.3) is 0 Å². The minimum atomic E-state index is -2.26. The first-order valence-electron chi connectivity index (χ1n) is 6.15. The first-order valence-corrected chi connectivity index (χ1v) is 7.23. The molecular weight excluding hydrogens is 349 g/mol. The molecule has 1 saturated heterocycles. The van der Waals surface area contributed by atoms with E-state index in [-0.39, 0.29) is 12.5 Å². The van der Waals surface area contributed by atoms with Gasteiger partial charge >= 0.3 is 0 Å². The van der Waals surface area contributed by atoms with E-state index in [0.29, 0.717) is 0 Å². The van der Waals surface area contributed by atoms with Gasteiger partial charge in [-0.15, -0.1) is 0 Å². The largest absolute Gasteiger partial charge is 0.314 e. The van der Waals surface area contributed by atoms with Crippen molar-refractivity contribution in [1.29, 1.82) is 0 Å². The molecule has 1 N–H and O–H groups in total. The van der Waals surface area contributed by atoms with Crippen molar-refractivity contribution in [3.8, 4) is 0 Å². The van der Waals surface area contributed by atoms with Crippen LogP contribution in [0.4, 0.5) is 8.78 Å². The van der Waals surface area contributed by atoms with Crippen molar-refractivity contribution < 1.29 is 8.78 Å². The summed E-state index contributed by atoms with van der Waals surface area (Å²) in [5.41, 5.74) is 0.998. The van der Waals surface area contributed by atoms with Crippen LogP contribution >= 0.6 is 22.6 Å². The maximum Gasteiger partial charge on any atom is 0.240 e. The Morgan fingerprint density at radius 1 is 1.17 bits per heavy atom. The summed E-state index contributed by atoms with van der Waals surface area (Å²) >= 11 is 2.23. The molecule has 0 radical (unpaired) electrons. The number of hydrogen-bond donors (Lipinski definition) is 1. The summed E-state index contributed by atoms with van der Waals surface area (Å²) in [4.78, 5) is 2.16. The van der Waals surface area contributed by atoms with Crippen LogP contribution in [0.25, 0.3) is 0 Å². The summed E-state index contributed by atoms with van der Waals surface area (Å²) in [5, 5.41) is 3.25. The maximum absolute atomic E-state index is 12.8. The third-order valence-electron chi connectivity index (χ3n) is 3.25. The van der Waals surface area contributed by atoms with Gasteiger partial charge in [0, 0.05) is 42.2 Å². The minimum Gasteiger partial charge on any atom is -0.314 e. The highest BCUT2D eigenvalue weighted by atomic mass is 127. The summed E-state index contributed by atoms with van der Waals surface area (Å²) in [6, 6.07) is 7.74. The predicted molar refractivity (Wildman–Crippen MR) is 77.0 cm³/mol. The standard InChI is InChI=1S/C13H17F2IN2/c14-13(15)9-12(18-7-5-17-6-8-18)10-1-3-11(16)4-2-10/h1-4,12-13,17H,5-9H2/t12-/m1/s1. The molecule has 1 aromatic carbocycles. The number of hydrogen-bond acceptors (Lipinski definition) is 2. The molecular formula is C13H17F2IN2. The first kappa shape index (κ1) is 14.1. The summed E-state index contributed by atoms with van der Waals surface area (Å²) in [5.74, 6) is 0. The van der Waals surface area contributed by atoms with Crippen LogP contribution in [0.15, 0.2) is 24.3 Å². The van der Waals surface area contributed by atoms with Crippen molar-refractivity contribution in [3.05, 3.63) is 33.4 Å². The van der Waals surface area contributed by atoms with Crippen LogP contribution in [0.3, 0.4) is 0 Å². The zero-order valence-corrected chi connectivity index (χ0v) is 12.2. The van der Waals surface area contributed by atoms with Crippen molar-refractivity contribution in [2.45, 2.75) is 18.9 Å². The number of rotatable bonds is 4. The lowest BCUT2D eigenvalue weighted by molar-refractivity contribution is 0.0739. The molecule has 1 aliphatic heterocycles. The Morgan fingerprint density at radius 3 is 2.33 bits per heavy atom. The van der Waals surface area contributed by atoms with Crippen molar-refractivity contribution in [2.24, 2.45) is 0 Å². The van der Waals surface area contributed by atoms with E-state index in [2.05, 4.69) is 32.8 Å². The number of nitrogens with one attached hydrogen (secondary N) is 1. The molecule has 1 fully saturated rings. The molecule has 1 aliphatic rings. The third kappa shape index (κ3) is 3.86. The van der Waals surface area contributed by atoms with E-state index in [1.807, 2.05) is 24.3 Å². The Hall–Kier alpha value is -0.270. The minimum absolute atomic E-state index is 0.0827. The Labute approximate surface area is 120 Å². The monoisotopic (exact) mass is 366 g/mol. The highest BCUT2D eigenvalue weighted by Gasteiger charge is 2.25. The van der Waals surface area contributed by atoms with Gasteiger partial charge in [0.15, 0.2) is 0 Å². The number of benzene rings is 1. The van der Waals surface area contributed by atoms with Crippen LogP contribution in [0, 0.1) is 3.57 Å². The molecule has 0 amide bonds. The second kappa shape index (κ2) is 6.77. The van der Waals surface area contributed by atoms with Crippen LogP contribution < -0.4 is 5.32 Å². The fourth-order valence-electron chi connectivity index (χ4n) is 2.34. The van der Waals surface area contributed by atoms with Gasteiger partial charge < -0.3 is 5.32 Å². The normalized spacial score (nSPS) is 19.1. The SMILES string of the molecule is FC(F)C[C@H](c1ccc(I)cc1)N1CCNCC1. The molecule has 2 rings (SSSR count). The van der Waals surface area contributed by atoms with Crippen LogP contribution in [0.5, 0.6) is 0 Å². The number of nitrogens with zero attached hydrogens (tertiary/aromatic N) is 1. The lowest BCUT2D eigenvalue weighted by Gasteiger charge is -2.35. The Kier molecular flexibility index (Phi) is 5.32. The van der Waals surface area contributed by atoms with Gasteiger partial charge in [-0.05, 0) is 40.3 Å². The topological polar surface area (TPSA) is 15.3 Å². The van der Waals surface area contributed by atoms with Crippen LogP contribution in [0.1, 0.15) is 18.0 Å². The molecule has 0 spiro atoms. The van der Waals surface area contributed by atoms with Gasteiger partial charge in [0.05, 0.1) is 0 Å². The fourth-order valence-corrected chi connectivity index (χ4v) is 2.70. The number of piperazine rings is 1. The Morgan fingerprint density at radius 2 is 1.78 bits per heavy atom. The van der Waals surface area contributed by atoms with Crippen molar-refractivity contribution in [2.75, 3.05) is 26.2 Å². The molecule has 18 heavy (non-hydrogen) atoms. The summed E-state index contributed by atoms with van der Waals surface area (Å²) in [7, 11) is 0. The van der Waals surface area contributed by atoms with Crippen LogP contribution in [0.2, 0.25) is 0 Å². The van der Waals surface area contributed by atoms with Gasteiger partial charge in [-0.1, -0.05) is 12.1 Å². The van der Waals surface area contributed by atoms with Gasteiger partial charge in [0.1, 0.15) is 0 Å². The third-order valence-corrected chi connectivity index (χ3v) is 3.97. The van der Waals surface area contributed by atoms with E-state index in [1.54, 1.807) is 0 Å². The molecule has 1 atom stereocenters. The molecule has 0 unspecified atom stereocenters. The highest BCUT2D eigenvalue weighted by molar-refractivity contribution is 14.1. The average Bonchev–Trinajstić information content (AvgIpc) is 2.38. The van der Waals surface area contributed by atoms with Gasteiger partial charge in [-0.2, -0.15) is 0 Å². The van der Waals surface area contributed by atoms with E-state index in [1.165, 1.54) is 0 Å². The van der Waals surface area contributed by atoms with E-state index < -0.39 is 6.43 Å². The van der Waals surface area contributed by atoms with Crippen LogP contribution in [-0.4, -0.2) is 37.5 Å². The number of alkyl halides is 2.